The predicted octanol–water partition coefficient (Wildman–Crippen LogP) is 4.08. The first-order valence-corrected chi connectivity index (χ1v) is 5.32. The van der Waals surface area contributed by atoms with Gasteiger partial charge in [-0.15, -0.1) is 0 Å². The topological polar surface area (TPSA) is 33.4 Å². The molecule has 3 aromatic rings. The van der Waals surface area contributed by atoms with Gasteiger partial charge < -0.3 is 9.52 Å². The molecule has 90 valence electrons. The molecule has 2 nitrogen and oxygen atoms in total. The van der Waals surface area contributed by atoms with Crippen molar-refractivity contribution in [3.05, 3.63) is 54.1 Å². The Morgan fingerprint density at radius 3 is 2.50 bits per heavy atom. The van der Waals surface area contributed by atoms with Crippen LogP contribution in [0.4, 0.5) is 8.78 Å². The highest BCUT2D eigenvalue weighted by Gasteiger charge is 2.13. The third-order valence-corrected chi connectivity index (χ3v) is 2.71. The molecule has 1 aromatic heterocycles. The minimum absolute atomic E-state index is 0.0972. The number of aromatic hydroxyl groups is 1. The van der Waals surface area contributed by atoms with Crippen molar-refractivity contribution in [2.75, 3.05) is 0 Å². The van der Waals surface area contributed by atoms with Crippen molar-refractivity contribution in [1.82, 2.24) is 0 Å². The van der Waals surface area contributed by atoms with Gasteiger partial charge in [-0.05, 0) is 24.3 Å². The van der Waals surface area contributed by atoms with Crippen LogP contribution in [0, 0.1) is 11.6 Å². The van der Waals surface area contributed by atoms with E-state index in [1.54, 1.807) is 18.2 Å². The van der Waals surface area contributed by atoms with Crippen LogP contribution in [0.15, 0.2) is 46.9 Å². The highest BCUT2D eigenvalue weighted by molar-refractivity contribution is 5.83. The molecule has 0 radical (unpaired) electrons. The summed E-state index contributed by atoms with van der Waals surface area (Å²) >= 11 is 0. The standard InChI is InChI=1S/C14H8F2O2/c15-11-3-1-2-8-6-13(18-14(8)11)10-5-4-9(17)7-12(10)16/h1-7,17H. The Bertz CT molecular complexity index is 732. The molecule has 0 spiro atoms. The van der Waals surface area contributed by atoms with Crippen molar-refractivity contribution < 1.29 is 18.3 Å². The molecule has 0 saturated carbocycles. The van der Waals surface area contributed by atoms with Crippen LogP contribution in [0.3, 0.4) is 0 Å². The monoisotopic (exact) mass is 246 g/mol. The summed E-state index contributed by atoms with van der Waals surface area (Å²) in [7, 11) is 0. The van der Waals surface area contributed by atoms with E-state index in [2.05, 4.69) is 0 Å². The molecular formula is C14H8F2O2. The van der Waals surface area contributed by atoms with Crippen LogP contribution >= 0.6 is 0 Å². The van der Waals surface area contributed by atoms with Crippen LogP contribution in [0.25, 0.3) is 22.3 Å². The van der Waals surface area contributed by atoms with E-state index in [1.165, 1.54) is 18.2 Å². The second kappa shape index (κ2) is 3.84. The van der Waals surface area contributed by atoms with Crippen molar-refractivity contribution >= 4 is 11.0 Å². The maximum absolute atomic E-state index is 13.7. The Hall–Kier alpha value is -2.36. The van der Waals surface area contributed by atoms with Gasteiger partial charge in [0.15, 0.2) is 11.4 Å². The second-order valence-corrected chi connectivity index (χ2v) is 3.93. The molecular weight excluding hydrogens is 238 g/mol. The maximum Gasteiger partial charge on any atom is 0.170 e. The lowest BCUT2D eigenvalue weighted by atomic mass is 10.1. The van der Waals surface area contributed by atoms with E-state index in [0.29, 0.717) is 5.39 Å². The number of hydrogen-bond acceptors (Lipinski definition) is 2. The molecule has 4 heteroatoms. The molecule has 0 unspecified atom stereocenters. The van der Waals surface area contributed by atoms with Gasteiger partial charge in [0.25, 0.3) is 0 Å². The van der Waals surface area contributed by atoms with E-state index in [1.807, 2.05) is 0 Å². The zero-order chi connectivity index (χ0) is 12.7. The maximum atomic E-state index is 13.7. The normalized spacial score (nSPS) is 11.0. The number of phenols is 1. The quantitative estimate of drug-likeness (QED) is 0.701. The summed E-state index contributed by atoms with van der Waals surface area (Å²) in [5, 5.41) is 9.70. The summed E-state index contributed by atoms with van der Waals surface area (Å²) in [5.41, 5.74) is 0.281. The molecule has 0 atom stereocenters. The lowest BCUT2D eigenvalue weighted by Gasteiger charge is -1.99. The van der Waals surface area contributed by atoms with Crippen LogP contribution in [-0.2, 0) is 0 Å². The van der Waals surface area contributed by atoms with Crippen LogP contribution in [0.1, 0.15) is 0 Å². The van der Waals surface area contributed by atoms with Crippen LogP contribution in [0.5, 0.6) is 5.75 Å². The Labute approximate surface area is 101 Å². The molecule has 18 heavy (non-hydrogen) atoms. The number of fused-ring (bicyclic) bond motifs is 1. The first-order valence-electron chi connectivity index (χ1n) is 5.32. The Kier molecular flexibility index (Phi) is 2.30. The van der Waals surface area contributed by atoms with E-state index in [-0.39, 0.29) is 22.7 Å². The molecule has 0 amide bonds. The Balaban J connectivity index is 2.23. The number of hydrogen-bond donors (Lipinski definition) is 1. The van der Waals surface area contributed by atoms with Crippen LogP contribution in [0.2, 0.25) is 0 Å². The van der Waals surface area contributed by atoms with Gasteiger partial charge in [-0.25, -0.2) is 8.78 Å². The van der Waals surface area contributed by atoms with E-state index in [9.17, 15) is 8.78 Å². The minimum Gasteiger partial charge on any atom is -0.508 e. The molecule has 3 rings (SSSR count). The largest absolute Gasteiger partial charge is 0.508 e. The smallest absolute Gasteiger partial charge is 0.170 e. The van der Waals surface area contributed by atoms with E-state index in [4.69, 9.17) is 9.52 Å². The average molecular weight is 246 g/mol. The molecule has 1 N–H and O–H groups in total. The van der Waals surface area contributed by atoms with E-state index in [0.717, 1.165) is 6.07 Å². The number of rotatable bonds is 1. The molecule has 0 bridgehead atoms. The molecule has 2 aromatic carbocycles. The summed E-state index contributed by atoms with van der Waals surface area (Å²) in [6, 6.07) is 9.81. The molecule has 0 aliphatic carbocycles. The van der Waals surface area contributed by atoms with Gasteiger partial charge in [-0.2, -0.15) is 0 Å². The molecule has 0 fully saturated rings. The summed E-state index contributed by atoms with van der Waals surface area (Å²) in [6.45, 7) is 0. The van der Waals surface area contributed by atoms with Gasteiger partial charge in [0, 0.05) is 11.5 Å². The predicted molar refractivity (Wildman–Crippen MR) is 63.2 cm³/mol. The average Bonchev–Trinajstić information content (AvgIpc) is 2.74. The van der Waals surface area contributed by atoms with Crippen LogP contribution < -0.4 is 0 Å². The SMILES string of the molecule is Oc1ccc(-c2cc3cccc(F)c3o2)c(F)c1. The highest BCUT2D eigenvalue weighted by atomic mass is 19.1. The second-order valence-electron chi connectivity index (χ2n) is 3.93. The van der Waals surface area contributed by atoms with E-state index >= 15 is 0 Å². The molecule has 0 saturated heterocycles. The number of benzene rings is 2. The van der Waals surface area contributed by atoms with Crippen molar-refractivity contribution in [3.63, 3.8) is 0 Å². The first-order chi connectivity index (χ1) is 8.65. The van der Waals surface area contributed by atoms with Gasteiger partial charge in [0.05, 0.1) is 5.56 Å². The Morgan fingerprint density at radius 2 is 1.78 bits per heavy atom. The highest BCUT2D eigenvalue weighted by Crippen LogP contribution is 2.31. The summed E-state index contributed by atoms with van der Waals surface area (Å²) in [5.74, 6) is -1.04. The fraction of sp³-hybridized carbons (Fsp3) is 0. The zero-order valence-electron chi connectivity index (χ0n) is 9.15. The lowest BCUT2D eigenvalue weighted by Crippen LogP contribution is -1.81. The fourth-order valence-electron chi connectivity index (χ4n) is 1.86. The van der Waals surface area contributed by atoms with Crippen molar-refractivity contribution in [2.45, 2.75) is 0 Å². The number of halogens is 2. The van der Waals surface area contributed by atoms with E-state index < -0.39 is 11.6 Å². The number of para-hydroxylation sites is 1. The van der Waals surface area contributed by atoms with Gasteiger partial charge in [-0.3, -0.25) is 0 Å². The Morgan fingerprint density at radius 1 is 0.944 bits per heavy atom. The summed E-state index contributed by atoms with van der Waals surface area (Å²) in [6.07, 6.45) is 0. The van der Waals surface area contributed by atoms with Crippen molar-refractivity contribution in [1.29, 1.82) is 0 Å². The number of furan rings is 1. The van der Waals surface area contributed by atoms with Crippen molar-refractivity contribution in [2.24, 2.45) is 0 Å². The zero-order valence-corrected chi connectivity index (χ0v) is 9.15. The molecule has 0 aliphatic heterocycles. The van der Waals surface area contributed by atoms with Crippen LogP contribution in [-0.4, -0.2) is 5.11 Å². The summed E-state index contributed by atoms with van der Waals surface area (Å²) < 4.78 is 32.4. The minimum atomic E-state index is -0.616. The van der Waals surface area contributed by atoms with Gasteiger partial charge in [0.1, 0.15) is 17.3 Å². The molecule has 1 heterocycles. The third kappa shape index (κ3) is 1.62. The third-order valence-electron chi connectivity index (χ3n) is 2.71. The van der Waals surface area contributed by atoms with Crippen molar-refractivity contribution in [3.8, 4) is 17.1 Å². The van der Waals surface area contributed by atoms with Gasteiger partial charge >= 0.3 is 0 Å². The van der Waals surface area contributed by atoms with Gasteiger partial charge in [0.2, 0.25) is 0 Å². The van der Waals surface area contributed by atoms with Gasteiger partial charge in [-0.1, -0.05) is 12.1 Å². The number of phenolic OH excluding ortho intramolecular Hbond substituents is 1. The molecule has 0 aliphatic rings. The summed E-state index contributed by atoms with van der Waals surface area (Å²) in [4.78, 5) is 0. The lowest BCUT2D eigenvalue weighted by molar-refractivity contribution is 0.469. The fourth-order valence-corrected chi connectivity index (χ4v) is 1.86. The first kappa shape index (κ1) is 10.8.